The molecule has 212 valence electrons. The second kappa shape index (κ2) is 9.51. The Balaban J connectivity index is 1.55. The first-order chi connectivity index (χ1) is 17.4. The number of hydrogen-bond acceptors (Lipinski definition) is 5. The van der Waals surface area contributed by atoms with Gasteiger partial charge >= 0.3 is 12.1 Å². The van der Waals surface area contributed by atoms with E-state index in [1.165, 1.54) is 30.6 Å². The van der Waals surface area contributed by atoms with Crippen LogP contribution in [0.25, 0.3) is 0 Å². The maximum absolute atomic E-state index is 13.7. The van der Waals surface area contributed by atoms with Gasteiger partial charge in [0.2, 0.25) is 17.6 Å². The zero-order valence-corrected chi connectivity index (χ0v) is 22.5. The van der Waals surface area contributed by atoms with E-state index < -0.39 is 59.1 Å². The van der Waals surface area contributed by atoms with Gasteiger partial charge in [-0.1, -0.05) is 47.5 Å². The molecule has 2 N–H and O–H groups in total. The molecule has 1 unspecified atom stereocenters. The Morgan fingerprint density at radius 2 is 1.61 bits per heavy atom. The number of fused-ring (bicyclic) bond motifs is 1. The molecular weight excluding hydrogens is 505 g/mol. The molecular formula is C26H37F3N4O5. The predicted octanol–water partition coefficient (Wildman–Crippen LogP) is 1.65. The lowest BCUT2D eigenvalue weighted by atomic mass is 9.85. The van der Waals surface area contributed by atoms with Crippen molar-refractivity contribution < 1.29 is 37.1 Å². The number of hydrogen-bond donors (Lipinski definition) is 2. The maximum Gasteiger partial charge on any atom is 0.471 e. The number of rotatable bonds is 8. The molecule has 0 aromatic rings. The lowest BCUT2D eigenvalue weighted by molar-refractivity contribution is -0.176. The highest BCUT2D eigenvalue weighted by atomic mass is 19.4. The first-order valence-electron chi connectivity index (χ1n) is 13.3. The number of halogens is 3. The summed E-state index contributed by atoms with van der Waals surface area (Å²) in [6.07, 6.45) is -2.23. The summed E-state index contributed by atoms with van der Waals surface area (Å²) >= 11 is 0. The molecule has 38 heavy (non-hydrogen) atoms. The third-order valence-electron chi connectivity index (χ3n) is 8.66. The van der Waals surface area contributed by atoms with E-state index in [2.05, 4.69) is 5.32 Å². The lowest BCUT2D eigenvalue weighted by Gasteiger charge is -2.38. The number of Topliss-reactive ketones (excluding diaryl/α,β-unsaturated/α-hetero) is 1. The van der Waals surface area contributed by atoms with Gasteiger partial charge in [0.25, 0.3) is 5.91 Å². The van der Waals surface area contributed by atoms with Crippen molar-refractivity contribution in [2.75, 3.05) is 19.6 Å². The fraction of sp³-hybridized carbons (Fsp3) is 0.808. The number of carbonyl (C=O) groups excluding carboxylic acids is 5. The van der Waals surface area contributed by atoms with Crippen LogP contribution in [0, 0.1) is 28.6 Å². The summed E-state index contributed by atoms with van der Waals surface area (Å²) < 4.78 is 39.1. The van der Waals surface area contributed by atoms with Crippen LogP contribution in [0.15, 0.2) is 0 Å². The van der Waals surface area contributed by atoms with Crippen molar-refractivity contribution in [3.05, 3.63) is 0 Å². The van der Waals surface area contributed by atoms with Gasteiger partial charge in [-0.25, -0.2) is 0 Å². The summed E-state index contributed by atoms with van der Waals surface area (Å²) in [6.45, 7) is 9.66. The van der Waals surface area contributed by atoms with Crippen LogP contribution in [0.1, 0.15) is 60.3 Å². The number of ketones is 1. The summed E-state index contributed by atoms with van der Waals surface area (Å²) in [4.78, 5) is 67.4. The Bertz CT molecular complexity index is 1030. The first kappa shape index (κ1) is 28.4. The molecule has 9 nitrogen and oxygen atoms in total. The Labute approximate surface area is 220 Å². The minimum Gasteiger partial charge on any atom is -0.344 e. The van der Waals surface area contributed by atoms with E-state index in [4.69, 9.17) is 0 Å². The van der Waals surface area contributed by atoms with E-state index >= 15 is 0 Å². The molecule has 2 saturated heterocycles. The van der Waals surface area contributed by atoms with Gasteiger partial charge in [0.1, 0.15) is 12.1 Å². The molecule has 5 atom stereocenters. The standard InChI is InChI=1S/C26H37F3N4O5/c1-24(2,3)19(31-23(38)26(27,28)29)22(37)33-12-14-16(25(14,4)5)17(33)20(35)30-15(11-13-7-8-13)18(34)21(36)32-9-6-10-32/h13-17,19H,6-12H2,1-5H3,(H,30,35)(H,31,38)/t14-,15?,16-,17-,19+/m0/s1. The maximum atomic E-state index is 13.7. The van der Waals surface area contributed by atoms with E-state index in [9.17, 15) is 37.1 Å². The van der Waals surface area contributed by atoms with Crippen LogP contribution < -0.4 is 10.6 Å². The van der Waals surface area contributed by atoms with Crippen LogP contribution in [0.2, 0.25) is 0 Å². The molecule has 2 aliphatic heterocycles. The number of amides is 4. The summed E-state index contributed by atoms with van der Waals surface area (Å²) in [5.41, 5.74) is -1.36. The molecule has 4 aliphatic rings. The Hall–Kier alpha value is -2.66. The number of carbonyl (C=O) groups is 5. The molecule has 0 aromatic carbocycles. The third-order valence-corrected chi connectivity index (χ3v) is 8.66. The molecule has 4 amide bonds. The smallest absolute Gasteiger partial charge is 0.344 e. The number of nitrogens with zero attached hydrogens (tertiary/aromatic N) is 2. The normalized spacial score (nSPS) is 27.5. The van der Waals surface area contributed by atoms with Crippen LogP contribution in [-0.2, 0) is 24.0 Å². The molecule has 2 aliphatic carbocycles. The van der Waals surface area contributed by atoms with E-state index in [1.807, 2.05) is 19.2 Å². The van der Waals surface area contributed by atoms with Gasteiger partial charge in [-0.2, -0.15) is 13.2 Å². The summed E-state index contributed by atoms with van der Waals surface area (Å²) in [6, 6.07) is -3.57. The van der Waals surface area contributed by atoms with E-state index in [-0.39, 0.29) is 29.7 Å². The minimum atomic E-state index is -5.17. The Kier molecular flexibility index (Phi) is 7.10. The number of likely N-dealkylation sites (tertiary alicyclic amines) is 2. The number of piperidine rings is 1. The van der Waals surface area contributed by atoms with Gasteiger partial charge < -0.3 is 20.4 Å². The highest BCUT2D eigenvalue weighted by Gasteiger charge is 2.70. The molecule has 0 aromatic heterocycles. The van der Waals surface area contributed by atoms with E-state index in [0.717, 1.165) is 19.3 Å². The average Bonchev–Trinajstić information content (AvgIpc) is 3.60. The highest BCUT2D eigenvalue weighted by molar-refractivity contribution is 6.38. The van der Waals surface area contributed by atoms with Gasteiger partial charge in [0.05, 0.1) is 6.04 Å². The van der Waals surface area contributed by atoms with Gasteiger partial charge in [-0.15, -0.1) is 0 Å². The zero-order chi connectivity index (χ0) is 28.4. The molecule has 4 rings (SSSR count). The lowest BCUT2D eigenvalue weighted by Crippen LogP contribution is -2.61. The third kappa shape index (κ3) is 5.40. The average molecular weight is 543 g/mol. The molecule has 4 fully saturated rings. The minimum absolute atomic E-state index is 0.0542. The molecule has 12 heteroatoms. The van der Waals surface area contributed by atoms with E-state index in [1.54, 1.807) is 0 Å². The van der Waals surface area contributed by atoms with Gasteiger partial charge in [0.15, 0.2) is 0 Å². The fourth-order valence-corrected chi connectivity index (χ4v) is 5.84. The van der Waals surface area contributed by atoms with Crippen molar-refractivity contribution in [3.63, 3.8) is 0 Å². The molecule has 0 radical (unpaired) electrons. The van der Waals surface area contributed by atoms with Gasteiger partial charge in [0, 0.05) is 19.6 Å². The first-order valence-corrected chi connectivity index (χ1v) is 13.3. The summed E-state index contributed by atoms with van der Waals surface area (Å²) in [7, 11) is 0. The topological polar surface area (TPSA) is 116 Å². The van der Waals surface area contributed by atoms with Crippen molar-refractivity contribution in [2.45, 2.75) is 84.6 Å². The predicted molar refractivity (Wildman–Crippen MR) is 129 cm³/mol. The van der Waals surface area contributed by atoms with Crippen molar-refractivity contribution in [1.29, 1.82) is 0 Å². The largest absolute Gasteiger partial charge is 0.471 e. The second-order valence-electron chi connectivity index (χ2n) is 12.9. The van der Waals surface area contributed by atoms with Gasteiger partial charge in [-0.05, 0) is 41.4 Å². The molecule has 2 saturated carbocycles. The number of alkyl halides is 3. The molecule has 0 spiro atoms. The van der Waals surface area contributed by atoms with Crippen molar-refractivity contribution in [2.24, 2.45) is 28.6 Å². The van der Waals surface area contributed by atoms with Crippen molar-refractivity contribution >= 4 is 29.4 Å². The summed E-state index contributed by atoms with van der Waals surface area (Å²) in [5, 5.41) is 4.57. The zero-order valence-electron chi connectivity index (χ0n) is 22.5. The van der Waals surface area contributed by atoms with Crippen LogP contribution in [0.3, 0.4) is 0 Å². The molecule has 0 bridgehead atoms. The SMILES string of the molecule is CC(C)(C)[C@H](NC(=O)C(F)(F)F)C(=O)N1C[C@H]2[C@@H]([C@H]1C(=O)NC(CC1CC1)C(=O)C(=O)N1CCC1)C2(C)C. The Morgan fingerprint density at radius 3 is 2.08 bits per heavy atom. The number of nitrogens with one attached hydrogen (secondary N) is 2. The highest BCUT2D eigenvalue weighted by Crippen LogP contribution is 2.65. The van der Waals surface area contributed by atoms with E-state index in [0.29, 0.717) is 19.5 Å². The van der Waals surface area contributed by atoms with Crippen molar-refractivity contribution in [3.8, 4) is 0 Å². The quantitative estimate of drug-likeness (QED) is 0.453. The monoisotopic (exact) mass is 542 g/mol. The second-order valence-corrected chi connectivity index (χ2v) is 12.9. The van der Waals surface area contributed by atoms with Crippen molar-refractivity contribution in [1.82, 2.24) is 20.4 Å². The van der Waals surface area contributed by atoms with Crippen LogP contribution in [0.4, 0.5) is 13.2 Å². The van der Waals surface area contributed by atoms with Crippen LogP contribution in [-0.4, -0.2) is 83.1 Å². The molecule has 2 heterocycles. The fourth-order valence-electron chi connectivity index (χ4n) is 5.84. The Morgan fingerprint density at radius 1 is 1.00 bits per heavy atom. The summed E-state index contributed by atoms with van der Waals surface area (Å²) in [5.74, 6) is -5.00. The van der Waals surface area contributed by atoms with Crippen LogP contribution in [0.5, 0.6) is 0 Å². The van der Waals surface area contributed by atoms with Gasteiger partial charge in [-0.3, -0.25) is 24.0 Å². The van der Waals surface area contributed by atoms with Crippen LogP contribution >= 0.6 is 0 Å².